The molecule has 0 unspecified atom stereocenters. The number of benzene rings is 1. The molecular weight excluding hydrogens is 356 g/mol. The summed E-state index contributed by atoms with van der Waals surface area (Å²) in [6.45, 7) is 1.46. The largest absolute Gasteiger partial charge is 0.351 e. The molecule has 1 heterocycles. The second-order valence-electron chi connectivity index (χ2n) is 5.84. The van der Waals surface area contributed by atoms with E-state index >= 15 is 0 Å². The third-order valence-corrected chi connectivity index (χ3v) is 4.69. The number of carbonyl (C=O) groups excluding carboxylic acids is 1. The fraction of sp³-hybridized carbons (Fsp3) is 0.333. The molecule has 0 saturated heterocycles. The van der Waals surface area contributed by atoms with E-state index < -0.39 is 0 Å². The fourth-order valence-corrected chi connectivity index (χ4v) is 2.88. The van der Waals surface area contributed by atoms with Gasteiger partial charge in [-0.15, -0.1) is 11.3 Å². The monoisotopic (exact) mass is 378 g/mol. The summed E-state index contributed by atoms with van der Waals surface area (Å²) >= 11 is 7.63. The maximum atomic E-state index is 11.9. The average molecular weight is 379 g/mol. The Morgan fingerprint density at radius 2 is 1.92 bits per heavy atom. The van der Waals surface area contributed by atoms with Gasteiger partial charge in [-0.25, -0.2) is 4.99 Å². The molecule has 0 aliphatic heterocycles. The van der Waals surface area contributed by atoms with Crippen molar-refractivity contribution in [1.29, 1.82) is 0 Å². The van der Waals surface area contributed by atoms with Crippen molar-refractivity contribution in [2.75, 3.05) is 27.7 Å². The van der Waals surface area contributed by atoms with Crippen molar-refractivity contribution in [3.05, 3.63) is 57.2 Å². The van der Waals surface area contributed by atoms with Crippen LogP contribution in [-0.2, 0) is 17.9 Å². The number of hydrogen-bond donors (Lipinski definition) is 1. The van der Waals surface area contributed by atoms with Crippen molar-refractivity contribution < 1.29 is 4.79 Å². The Balaban J connectivity index is 2.06. The number of nitrogens with one attached hydrogen (secondary N) is 1. The Bertz CT molecular complexity index is 698. The fourth-order valence-electron chi connectivity index (χ4n) is 2.11. The molecule has 0 aliphatic rings. The van der Waals surface area contributed by atoms with Gasteiger partial charge in [-0.1, -0.05) is 29.8 Å². The summed E-state index contributed by atoms with van der Waals surface area (Å²) in [5, 5.41) is 6.10. The smallest absolute Gasteiger partial charge is 0.243 e. The molecule has 0 aliphatic carbocycles. The van der Waals surface area contributed by atoms with Gasteiger partial charge in [0.15, 0.2) is 5.96 Å². The Morgan fingerprint density at radius 3 is 2.52 bits per heavy atom. The number of hydrogen-bond acceptors (Lipinski definition) is 3. The summed E-state index contributed by atoms with van der Waals surface area (Å²) in [6, 6.07) is 11.8. The molecule has 0 fully saturated rings. The first kappa shape index (κ1) is 19.3. The van der Waals surface area contributed by atoms with Crippen LogP contribution in [0.2, 0.25) is 5.02 Å². The SMILES string of the molecule is CN(C)C(=O)CN=C(NCc1cccs1)N(C)Cc1ccc(Cl)cc1. The second-order valence-corrected chi connectivity index (χ2v) is 7.31. The molecule has 0 bridgehead atoms. The predicted molar refractivity (Wildman–Crippen MR) is 105 cm³/mol. The van der Waals surface area contributed by atoms with E-state index in [9.17, 15) is 4.79 Å². The molecule has 0 radical (unpaired) electrons. The van der Waals surface area contributed by atoms with Crippen LogP contribution in [0.5, 0.6) is 0 Å². The average Bonchev–Trinajstić information content (AvgIpc) is 3.10. The van der Waals surface area contributed by atoms with Crippen molar-refractivity contribution in [2.45, 2.75) is 13.1 Å². The summed E-state index contributed by atoms with van der Waals surface area (Å²) < 4.78 is 0. The van der Waals surface area contributed by atoms with Crippen LogP contribution in [0.15, 0.2) is 46.8 Å². The van der Waals surface area contributed by atoms with Crippen LogP contribution in [0.3, 0.4) is 0 Å². The maximum Gasteiger partial charge on any atom is 0.243 e. The number of nitrogens with zero attached hydrogens (tertiary/aromatic N) is 3. The van der Waals surface area contributed by atoms with Gasteiger partial charge in [0.05, 0.1) is 6.54 Å². The van der Waals surface area contributed by atoms with Crippen molar-refractivity contribution in [2.24, 2.45) is 4.99 Å². The molecule has 1 amide bonds. The normalized spacial score (nSPS) is 11.3. The van der Waals surface area contributed by atoms with E-state index in [2.05, 4.69) is 16.4 Å². The summed E-state index contributed by atoms with van der Waals surface area (Å²) in [4.78, 5) is 21.1. The Labute approximate surface area is 157 Å². The Kier molecular flexibility index (Phi) is 7.28. The van der Waals surface area contributed by atoms with Crippen LogP contribution in [-0.4, -0.2) is 49.4 Å². The van der Waals surface area contributed by atoms with E-state index in [0.717, 1.165) is 5.56 Å². The van der Waals surface area contributed by atoms with Crippen molar-refractivity contribution in [1.82, 2.24) is 15.1 Å². The van der Waals surface area contributed by atoms with Gasteiger partial charge in [-0.3, -0.25) is 4.79 Å². The standard InChI is InChI=1S/C18H23ClN4OS/c1-22(2)17(24)12-21-18(20-11-16-5-4-10-25-16)23(3)13-14-6-8-15(19)9-7-14/h4-10H,11-13H2,1-3H3,(H,20,21). The lowest BCUT2D eigenvalue weighted by atomic mass is 10.2. The first-order valence-electron chi connectivity index (χ1n) is 7.92. The minimum Gasteiger partial charge on any atom is -0.351 e. The van der Waals surface area contributed by atoms with Crippen LogP contribution < -0.4 is 5.32 Å². The molecule has 7 heteroatoms. The number of guanidine groups is 1. The van der Waals surface area contributed by atoms with E-state index in [1.807, 2.05) is 47.7 Å². The van der Waals surface area contributed by atoms with Crippen LogP contribution >= 0.6 is 22.9 Å². The van der Waals surface area contributed by atoms with Crippen LogP contribution in [0.25, 0.3) is 0 Å². The quantitative estimate of drug-likeness (QED) is 0.620. The van der Waals surface area contributed by atoms with Gasteiger partial charge in [0.25, 0.3) is 0 Å². The molecule has 0 saturated carbocycles. The zero-order chi connectivity index (χ0) is 18.2. The number of rotatable bonds is 6. The molecule has 2 aromatic rings. The van der Waals surface area contributed by atoms with Gasteiger partial charge in [-0.05, 0) is 29.1 Å². The molecule has 5 nitrogen and oxygen atoms in total. The van der Waals surface area contributed by atoms with E-state index in [0.29, 0.717) is 24.1 Å². The summed E-state index contributed by atoms with van der Waals surface area (Å²) in [5.41, 5.74) is 1.12. The highest BCUT2D eigenvalue weighted by molar-refractivity contribution is 7.09. The summed E-state index contributed by atoms with van der Waals surface area (Å²) in [7, 11) is 5.41. The Hall–Kier alpha value is -2.05. The number of carbonyl (C=O) groups is 1. The lowest BCUT2D eigenvalue weighted by molar-refractivity contribution is -0.127. The molecular formula is C18H23ClN4OS. The molecule has 0 spiro atoms. The van der Waals surface area contributed by atoms with Crippen molar-refractivity contribution in [3.63, 3.8) is 0 Å². The molecule has 25 heavy (non-hydrogen) atoms. The molecule has 0 atom stereocenters. The van der Waals surface area contributed by atoms with Gasteiger partial charge >= 0.3 is 0 Å². The maximum absolute atomic E-state index is 11.9. The summed E-state index contributed by atoms with van der Waals surface area (Å²) in [5.74, 6) is 0.661. The first-order valence-corrected chi connectivity index (χ1v) is 9.18. The highest BCUT2D eigenvalue weighted by Crippen LogP contribution is 2.12. The van der Waals surface area contributed by atoms with Crippen molar-refractivity contribution >= 4 is 34.8 Å². The number of halogens is 1. The topological polar surface area (TPSA) is 47.9 Å². The highest BCUT2D eigenvalue weighted by Gasteiger charge is 2.10. The molecule has 1 N–H and O–H groups in total. The van der Waals surface area contributed by atoms with E-state index in [1.165, 1.54) is 4.88 Å². The van der Waals surface area contributed by atoms with Gasteiger partial charge in [-0.2, -0.15) is 0 Å². The number of aliphatic imine (C=N–C) groups is 1. The van der Waals surface area contributed by atoms with E-state index in [-0.39, 0.29) is 12.5 Å². The van der Waals surface area contributed by atoms with Crippen LogP contribution in [0.4, 0.5) is 0 Å². The third kappa shape index (κ3) is 6.40. The second kappa shape index (κ2) is 9.44. The highest BCUT2D eigenvalue weighted by atomic mass is 35.5. The van der Waals surface area contributed by atoms with Gasteiger partial charge in [0.2, 0.25) is 5.91 Å². The molecule has 134 valence electrons. The number of thiophene rings is 1. The van der Waals surface area contributed by atoms with E-state index in [4.69, 9.17) is 11.6 Å². The van der Waals surface area contributed by atoms with Crippen molar-refractivity contribution in [3.8, 4) is 0 Å². The lowest BCUT2D eigenvalue weighted by Crippen LogP contribution is -2.39. The minimum atomic E-state index is -0.0321. The molecule has 1 aromatic carbocycles. The third-order valence-electron chi connectivity index (χ3n) is 3.56. The minimum absolute atomic E-state index is 0.0321. The Morgan fingerprint density at radius 1 is 1.20 bits per heavy atom. The van der Waals surface area contributed by atoms with Gasteiger partial charge < -0.3 is 15.1 Å². The molecule has 1 aromatic heterocycles. The molecule has 2 rings (SSSR count). The number of amides is 1. The van der Waals surface area contributed by atoms with E-state index in [1.54, 1.807) is 30.3 Å². The van der Waals surface area contributed by atoms with Crippen LogP contribution in [0, 0.1) is 0 Å². The lowest BCUT2D eigenvalue weighted by Gasteiger charge is -2.23. The summed E-state index contributed by atoms with van der Waals surface area (Å²) in [6.07, 6.45) is 0. The van der Waals surface area contributed by atoms with Gasteiger partial charge in [0.1, 0.15) is 6.54 Å². The predicted octanol–water partition coefficient (Wildman–Crippen LogP) is 3.07. The van der Waals surface area contributed by atoms with Crippen LogP contribution in [0.1, 0.15) is 10.4 Å². The zero-order valence-corrected chi connectivity index (χ0v) is 16.3. The first-order chi connectivity index (χ1) is 12.0. The number of likely N-dealkylation sites (N-methyl/N-ethyl adjacent to an activating group) is 1. The van der Waals surface area contributed by atoms with Gasteiger partial charge in [0, 0.05) is 37.6 Å². The zero-order valence-electron chi connectivity index (χ0n) is 14.7.